The van der Waals surface area contributed by atoms with Gasteiger partial charge >= 0.3 is 5.97 Å². The Kier molecular flexibility index (Phi) is 11.3. The van der Waals surface area contributed by atoms with Crippen LogP contribution in [-0.2, 0) is 24.5 Å². The van der Waals surface area contributed by atoms with Crippen LogP contribution in [0.15, 0.2) is 78.9 Å². The minimum absolute atomic E-state index is 0.0282. The van der Waals surface area contributed by atoms with Crippen LogP contribution in [0.4, 0.5) is 0 Å². The Morgan fingerprint density at radius 3 is 2.18 bits per heavy atom. The Morgan fingerprint density at radius 2 is 1.52 bits per heavy atom. The van der Waals surface area contributed by atoms with Gasteiger partial charge in [0.15, 0.2) is 0 Å². The van der Waals surface area contributed by atoms with Gasteiger partial charge < -0.3 is 25.0 Å². The van der Waals surface area contributed by atoms with Crippen molar-refractivity contribution >= 4 is 23.7 Å². The summed E-state index contributed by atoms with van der Waals surface area (Å²) in [4.78, 5) is 57.3. The van der Waals surface area contributed by atoms with Crippen LogP contribution in [0.2, 0.25) is 0 Å². The molecule has 3 atom stereocenters. The lowest BCUT2D eigenvalue weighted by molar-refractivity contribution is -0.159. The fraction of sp³-hybridized carbons (Fsp3) is 0.463. The first-order chi connectivity index (χ1) is 23.8. The first-order valence-electron chi connectivity index (χ1n) is 17.8. The summed E-state index contributed by atoms with van der Waals surface area (Å²) in [6.45, 7) is 10.5. The van der Waals surface area contributed by atoms with Gasteiger partial charge in [0.1, 0.15) is 17.4 Å². The van der Waals surface area contributed by atoms with E-state index in [4.69, 9.17) is 9.47 Å². The first kappa shape index (κ1) is 36.6. The normalized spacial score (nSPS) is 20.0. The highest BCUT2D eigenvalue weighted by molar-refractivity contribution is 5.98. The maximum atomic E-state index is 14.7. The lowest BCUT2D eigenvalue weighted by atomic mass is 9.62. The van der Waals surface area contributed by atoms with Gasteiger partial charge in [-0.05, 0) is 87.6 Å². The minimum Gasteiger partial charge on any atom is -0.496 e. The molecule has 0 unspecified atom stereocenters. The molecule has 1 saturated heterocycles. The van der Waals surface area contributed by atoms with Crippen molar-refractivity contribution in [2.45, 2.75) is 95.7 Å². The molecule has 1 heterocycles. The van der Waals surface area contributed by atoms with Crippen LogP contribution in [0, 0.1) is 5.92 Å². The average Bonchev–Trinajstić information content (AvgIpc) is 3.10. The van der Waals surface area contributed by atoms with Gasteiger partial charge in [-0.15, -0.1) is 0 Å². The highest BCUT2D eigenvalue weighted by atomic mass is 16.6. The zero-order chi connectivity index (χ0) is 36.1. The van der Waals surface area contributed by atoms with Crippen molar-refractivity contribution in [1.29, 1.82) is 0 Å². The standard InChI is InChI=1S/C41H51N3O6/c1-27(2)26-34(38(47)50-40(3,4)5)43-39(48)41(28-14-8-7-9-15-28)23-20-31(30-16-10-12-18-33(30)41)37(46)44-24-21-29(22-25-44)42-36(45)32-17-11-13-19-35(32)49-6/h7-19,27,29,31,34H,20-26H2,1-6H3,(H,42,45)(H,43,48)/t31-,34-,41+/m0/s1. The summed E-state index contributed by atoms with van der Waals surface area (Å²) < 4.78 is 11.1. The predicted octanol–water partition coefficient (Wildman–Crippen LogP) is 6.15. The topological polar surface area (TPSA) is 114 Å². The second kappa shape index (κ2) is 15.5. The van der Waals surface area contributed by atoms with Crippen LogP contribution in [-0.4, -0.2) is 66.5 Å². The lowest BCUT2D eigenvalue weighted by Gasteiger charge is -2.43. The second-order valence-electron chi connectivity index (χ2n) is 14.9. The maximum absolute atomic E-state index is 14.7. The van der Waals surface area contributed by atoms with Gasteiger partial charge in [-0.25, -0.2) is 4.79 Å². The molecule has 266 valence electrons. The molecule has 9 heteroatoms. The number of hydrogen-bond donors (Lipinski definition) is 2. The third-order valence-corrected chi connectivity index (χ3v) is 9.75. The number of ether oxygens (including phenoxy) is 2. The molecule has 3 aromatic carbocycles. The molecule has 0 saturated carbocycles. The number of piperidine rings is 1. The molecular formula is C41H51N3O6. The van der Waals surface area contributed by atoms with Crippen LogP contribution < -0.4 is 15.4 Å². The van der Waals surface area contributed by atoms with E-state index in [0.29, 0.717) is 56.5 Å². The number of benzene rings is 3. The molecule has 3 amide bonds. The van der Waals surface area contributed by atoms with E-state index in [1.165, 1.54) is 0 Å². The number of nitrogens with one attached hydrogen (secondary N) is 2. The zero-order valence-electron chi connectivity index (χ0n) is 30.2. The van der Waals surface area contributed by atoms with Gasteiger partial charge in [-0.3, -0.25) is 14.4 Å². The number of nitrogens with zero attached hydrogens (tertiary/aromatic N) is 1. The molecule has 0 aromatic heterocycles. The summed E-state index contributed by atoms with van der Waals surface area (Å²) in [7, 11) is 1.55. The highest BCUT2D eigenvalue weighted by Crippen LogP contribution is 2.48. The van der Waals surface area contributed by atoms with E-state index in [1.807, 2.05) is 106 Å². The first-order valence-corrected chi connectivity index (χ1v) is 17.8. The van der Waals surface area contributed by atoms with Crippen LogP contribution >= 0.6 is 0 Å². The molecule has 1 aliphatic heterocycles. The number of hydrogen-bond acceptors (Lipinski definition) is 6. The van der Waals surface area contributed by atoms with E-state index >= 15 is 0 Å². The zero-order valence-corrected chi connectivity index (χ0v) is 30.2. The molecule has 0 spiro atoms. The summed E-state index contributed by atoms with van der Waals surface area (Å²) in [5, 5.41) is 6.24. The number of likely N-dealkylation sites (tertiary alicyclic amines) is 1. The summed E-state index contributed by atoms with van der Waals surface area (Å²) in [5.41, 5.74) is 1.10. The molecule has 0 bridgehead atoms. The van der Waals surface area contributed by atoms with Gasteiger partial charge in [-0.1, -0.05) is 80.6 Å². The van der Waals surface area contributed by atoms with Gasteiger partial charge in [0.05, 0.1) is 24.0 Å². The van der Waals surface area contributed by atoms with Crippen LogP contribution in [0.3, 0.4) is 0 Å². The summed E-state index contributed by atoms with van der Waals surface area (Å²) in [5.74, 6) is -0.652. The highest BCUT2D eigenvalue weighted by Gasteiger charge is 2.50. The van der Waals surface area contributed by atoms with Crippen LogP contribution in [0.5, 0.6) is 5.75 Å². The molecule has 50 heavy (non-hydrogen) atoms. The molecular weight excluding hydrogens is 630 g/mol. The van der Waals surface area contributed by atoms with E-state index in [0.717, 1.165) is 16.7 Å². The quantitative estimate of drug-likeness (QED) is 0.248. The Morgan fingerprint density at radius 1 is 0.880 bits per heavy atom. The van der Waals surface area contributed by atoms with Gasteiger partial charge in [0.2, 0.25) is 11.8 Å². The van der Waals surface area contributed by atoms with Gasteiger partial charge in [0.25, 0.3) is 5.91 Å². The van der Waals surface area contributed by atoms with E-state index in [9.17, 15) is 19.2 Å². The molecule has 9 nitrogen and oxygen atoms in total. The number of amides is 3. The van der Waals surface area contributed by atoms with Crippen molar-refractivity contribution in [2.24, 2.45) is 5.92 Å². The Balaban J connectivity index is 1.38. The summed E-state index contributed by atoms with van der Waals surface area (Å²) in [6.07, 6.45) is 2.57. The second-order valence-corrected chi connectivity index (χ2v) is 14.9. The van der Waals surface area contributed by atoms with Gasteiger partial charge in [0, 0.05) is 19.1 Å². The molecule has 0 radical (unpaired) electrons. The molecule has 2 aliphatic rings. The van der Waals surface area contributed by atoms with Gasteiger partial charge in [-0.2, -0.15) is 0 Å². The van der Waals surface area contributed by atoms with E-state index in [1.54, 1.807) is 19.2 Å². The minimum atomic E-state index is -1.11. The van der Waals surface area contributed by atoms with Crippen molar-refractivity contribution in [3.63, 3.8) is 0 Å². The van der Waals surface area contributed by atoms with Crippen molar-refractivity contribution in [3.8, 4) is 5.75 Å². The van der Waals surface area contributed by atoms with Crippen molar-refractivity contribution in [2.75, 3.05) is 20.2 Å². The third-order valence-electron chi connectivity index (χ3n) is 9.75. The van der Waals surface area contributed by atoms with Crippen LogP contribution in [0.1, 0.15) is 99.7 Å². The number of methoxy groups -OCH3 is 1. The van der Waals surface area contributed by atoms with Crippen molar-refractivity contribution < 1.29 is 28.7 Å². The summed E-state index contributed by atoms with van der Waals surface area (Å²) in [6, 6.07) is 23.6. The van der Waals surface area contributed by atoms with E-state index < -0.39 is 28.9 Å². The Hall–Kier alpha value is -4.66. The monoisotopic (exact) mass is 681 g/mol. The SMILES string of the molecule is COc1ccccc1C(=O)NC1CCN(C(=O)[C@H]2CC[C@@](C(=O)N[C@@H](CC(C)C)C(=O)OC(C)(C)C)(c3ccccc3)c3ccccc32)CC1. The molecule has 1 fully saturated rings. The molecule has 1 aliphatic carbocycles. The van der Waals surface area contributed by atoms with Crippen LogP contribution in [0.25, 0.3) is 0 Å². The number of esters is 1. The van der Waals surface area contributed by atoms with Crippen molar-refractivity contribution in [3.05, 3.63) is 101 Å². The number of para-hydroxylation sites is 1. The van der Waals surface area contributed by atoms with E-state index in [-0.39, 0.29) is 29.7 Å². The summed E-state index contributed by atoms with van der Waals surface area (Å²) >= 11 is 0. The maximum Gasteiger partial charge on any atom is 0.329 e. The lowest BCUT2D eigenvalue weighted by Crippen LogP contribution is -2.54. The molecule has 5 rings (SSSR count). The average molecular weight is 682 g/mol. The fourth-order valence-corrected chi connectivity index (χ4v) is 7.39. The molecule has 2 N–H and O–H groups in total. The smallest absolute Gasteiger partial charge is 0.329 e. The fourth-order valence-electron chi connectivity index (χ4n) is 7.39. The Labute approximate surface area is 296 Å². The van der Waals surface area contributed by atoms with Crippen molar-refractivity contribution in [1.82, 2.24) is 15.5 Å². The number of carbonyl (C=O) groups excluding carboxylic acids is 4. The Bertz CT molecular complexity index is 1670. The number of rotatable bonds is 10. The number of fused-ring (bicyclic) bond motifs is 1. The largest absolute Gasteiger partial charge is 0.496 e. The third kappa shape index (κ3) is 8.03. The molecule has 3 aromatic rings. The number of carbonyl (C=O) groups is 4. The predicted molar refractivity (Wildman–Crippen MR) is 193 cm³/mol. The van der Waals surface area contributed by atoms with E-state index in [2.05, 4.69) is 10.6 Å².